The van der Waals surface area contributed by atoms with E-state index in [1.165, 1.54) is 6.07 Å². The van der Waals surface area contributed by atoms with Gasteiger partial charge in [-0.3, -0.25) is 9.36 Å². The molecule has 3 heterocycles. The monoisotopic (exact) mass is 538 g/mol. The molecule has 2 aliphatic rings. The van der Waals surface area contributed by atoms with Gasteiger partial charge in [-0.25, -0.2) is 14.4 Å². The number of nitrogens with zero attached hydrogens (tertiary/aromatic N) is 5. The Kier molecular flexibility index (Phi) is 6.23. The topological polar surface area (TPSA) is 75.9 Å². The van der Waals surface area contributed by atoms with Crippen LogP contribution in [0.15, 0.2) is 48.7 Å². The number of hydrogen-bond acceptors (Lipinski definition) is 5. The lowest BCUT2D eigenvalue weighted by Crippen LogP contribution is -2.45. The second kappa shape index (κ2) is 9.62. The fourth-order valence-corrected chi connectivity index (χ4v) is 5.10. The number of hydrogen-bond donors (Lipinski definition) is 1. The SMILES string of the molecule is Cc1ccc2nc(-c3ccc(F)c(C(F)(F)F)c3)n(-c3ccnc(N[C@H]4CCCN(C(=O)C5CC5)C4)n3)c2c1. The van der Waals surface area contributed by atoms with Crippen LogP contribution in [-0.4, -0.2) is 49.5 Å². The van der Waals surface area contributed by atoms with Gasteiger partial charge in [0.2, 0.25) is 11.9 Å². The van der Waals surface area contributed by atoms with Gasteiger partial charge in [-0.15, -0.1) is 0 Å². The number of alkyl halides is 3. The Balaban J connectivity index is 1.38. The van der Waals surface area contributed by atoms with Crippen molar-refractivity contribution >= 4 is 22.9 Å². The minimum absolute atomic E-state index is 0.0237. The lowest BCUT2D eigenvalue weighted by Gasteiger charge is -2.33. The molecular formula is C28H26F4N6O. The van der Waals surface area contributed by atoms with E-state index >= 15 is 0 Å². The zero-order valence-corrected chi connectivity index (χ0v) is 21.2. The smallest absolute Gasteiger partial charge is 0.350 e. The molecular weight excluding hydrogens is 512 g/mol. The van der Waals surface area contributed by atoms with Crippen molar-refractivity contribution < 1.29 is 22.4 Å². The van der Waals surface area contributed by atoms with Crippen LogP contribution in [0.25, 0.3) is 28.2 Å². The molecule has 202 valence electrons. The molecule has 2 aromatic heterocycles. The van der Waals surface area contributed by atoms with E-state index in [1.54, 1.807) is 22.9 Å². The number of rotatable bonds is 5. The Morgan fingerprint density at radius 2 is 1.87 bits per heavy atom. The Morgan fingerprint density at radius 1 is 1.05 bits per heavy atom. The van der Waals surface area contributed by atoms with Crippen LogP contribution in [-0.2, 0) is 11.0 Å². The molecule has 0 spiro atoms. The molecule has 1 amide bonds. The standard InChI is InChI=1S/C28H26F4N6O/c1-16-4-9-22-23(13-16)38(25(35-22)18-7-8-21(29)20(14-18)28(30,31)32)24-10-11-33-27(36-24)34-19-3-2-12-37(15-19)26(39)17-5-6-17/h4,7-11,13-14,17,19H,2-3,5-6,12,15H2,1H3,(H,33,34,36)/t19-/m0/s1. The number of anilines is 1. The third-order valence-electron chi connectivity index (χ3n) is 7.20. The van der Waals surface area contributed by atoms with Crippen LogP contribution in [0.5, 0.6) is 0 Å². The maximum Gasteiger partial charge on any atom is 0.419 e. The third-order valence-corrected chi connectivity index (χ3v) is 7.20. The summed E-state index contributed by atoms with van der Waals surface area (Å²) in [5.41, 5.74) is 0.879. The van der Waals surface area contributed by atoms with E-state index in [0.29, 0.717) is 29.3 Å². The van der Waals surface area contributed by atoms with Gasteiger partial charge in [-0.05, 0) is 74.6 Å². The predicted octanol–water partition coefficient (Wildman–Crippen LogP) is 5.76. The lowest BCUT2D eigenvalue weighted by molar-refractivity contribution is -0.140. The van der Waals surface area contributed by atoms with E-state index in [1.807, 2.05) is 24.0 Å². The molecule has 2 fully saturated rings. The van der Waals surface area contributed by atoms with Crippen LogP contribution in [0.1, 0.15) is 36.8 Å². The highest BCUT2D eigenvalue weighted by molar-refractivity contribution is 5.84. The minimum atomic E-state index is -4.85. The maximum atomic E-state index is 14.1. The highest BCUT2D eigenvalue weighted by atomic mass is 19.4. The first-order valence-electron chi connectivity index (χ1n) is 12.9. The minimum Gasteiger partial charge on any atom is -0.350 e. The number of carbonyl (C=O) groups excluding carboxylic acids is 1. The van der Waals surface area contributed by atoms with E-state index < -0.39 is 17.6 Å². The molecule has 0 bridgehead atoms. The van der Waals surface area contributed by atoms with Crippen LogP contribution in [0.2, 0.25) is 0 Å². The molecule has 0 unspecified atom stereocenters. The Morgan fingerprint density at radius 3 is 2.64 bits per heavy atom. The number of imidazole rings is 1. The number of fused-ring (bicyclic) bond motifs is 1. The van der Waals surface area contributed by atoms with Gasteiger partial charge in [-0.1, -0.05) is 6.07 Å². The van der Waals surface area contributed by atoms with Crippen LogP contribution >= 0.6 is 0 Å². The van der Waals surface area contributed by atoms with Crippen molar-refractivity contribution in [3.63, 3.8) is 0 Å². The molecule has 1 saturated heterocycles. The molecule has 6 rings (SSSR count). The van der Waals surface area contributed by atoms with Gasteiger partial charge in [0, 0.05) is 36.8 Å². The van der Waals surface area contributed by atoms with Crippen molar-refractivity contribution in [2.75, 3.05) is 18.4 Å². The van der Waals surface area contributed by atoms with Gasteiger partial charge in [0.25, 0.3) is 0 Å². The van der Waals surface area contributed by atoms with Crippen LogP contribution in [0, 0.1) is 18.7 Å². The van der Waals surface area contributed by atoms with Gasteiger partial charge in [0.15, 0.2) is 0 Å². The maximum absolute atomic E-state index is 14.1. The molecule has 4 aromatic rings. The molecule has 2 aromatic carbocycles. The number of nitrogens with one attached hydrogen (secondary N) is 1. The van der Waals surface area contributed by atoms with Crippen molar-refractivity contribution in [2.45, 2.75) is 44.8 Å². The van der Waals surface area contributed by atoms with E-state index in [2.05, 4.69) is 20.3 Å². The molecule has 1 aliphatic carbocycles. The number of aryl methyl sites for hydroxylation is 1. The normalized spacial score (nSPS) is 18.0. The van der Waals surface area contributed by atoms with Crippen LogP contribution in [0.4, 0.5) is 23.5 Å². The highest BCUT2D eigenvalue weighted by Gasteiger charge is 2.36. The number of likely N-dealkylation sites (tertiary alicyclic amines) is 1. The average Bonchev–Trinajstić information content (AvgIpc) is 3.69. The Bertz CT molecular complexity index is 1560. The van der Waals surface area contributed by atoms with Gasteiger partial charge in [0.05, 0.1) is 16.6 Å². The number of amides is 1. The second-order valence-electron chi connectivity index (χ2n) is 10.2. The van der Waals surface area contributed by atoms with Crippen LogP contribution in [0.3, 0.4) is 0 Å². The van der Waals surface area contributed by atoms with Crippen molar-refractivity contribution in [1.82, 2.24) is 24.4 Å². The quantitative estimate of drug-likeness (QED) is 0.327. The predicted molar refractivity (Wildman–Crippen MR) is 138 cm³/mol. The van der Waals surface area contributed by atoms with E-state index in [-0.39, 0.29) is 29.3 Å². The van der Waals surface area contributed by atoms with E-state index in [4.69, 9.17) is 0 Å². The molecule has 0 radical (unpaired) electrons. The highest BCUT2D eigenvalue weighted by Crippen LogP contribution is 2.36. The fourth-order valence-electron chi connectivity index (χ4n) is 5.10. The summed E-state index contributed by atoms with van der Waals surface area (Å²) in [4.78, 5) is 28.1. The summed E-state index contributed by atoms with van der Waals surface area (Å²) < 4.78 is 56.2. The first-order valence-corrected chi connectivity index (χ1v) is 12.9. The zero-order chi connectivity index (χ0) is 27.3. The van der Waals surface area contributed by atoms with Crippen molar-refractivity contribution in [2.24, 2.45) is 5.92 Å². The fraction of sp³-hybridized carbons (Fsp3) is 0.357. The summed E-state index contributed by atoms with van der Waals surface area (Å²) in [5, 5.41) is 3.33. The molecule has 1 aliphatic heterocycles. The first-order chi connectivity index (χ1) is 18.7. The van der Waals surface area contributed by atoms with Gasteiger partial charge in [-0.2, -0.15) is 18.2 Å². The van der Waals surface area contributed by atoms with Crippen molar-refractivity contribution in [3.05, 3.63) is 65.6 Å². The van der Waals surface area contributed by atoms with E-state index in [0.717, 1.165) is 49.9 Å². The summed E-state index contributed by atoms with van der Waals surface area (Å²) in [5.74, 6) is -0.0452. The number of aromatic nitrogens is 4. The lowest BCUT2D eigenvalue weighted by atomic mass is 10.1. The number of benzene rings is 2. The van der Waals surface area contributed by atoms with Crippen molar-refractivity contribution in [3.8, 4) is 17.2 Å². The molecule has 1 N–H and O–H groups in total. The average molecular weight is 539 g/mol. The van der Waals surface area contributed by atoms with Crippen molar-refractivity contribution in [1.29, 1.82) is 0 Å². The second-order valence-corrected chi connectivity index (χ2v) is 10.2. The molecule has 7 nitrogen and oxygen atoms in total. The summed E-state index contributed by atoms with van der Waals surface area (Å²) >= 11 is 0. The number of piperidine rings is 1. The number of carbonyl (C=O) groups is 1. The van der Waals surface area contributed by atoms with E-state index in [9.17, 15) is 22.4 Å². The largest absolute Gasteiger partial charge is 0.419 e. The molecule has 11 heteroatoms. The Hall–Kier alpha value is -4.02. The summed E-state index contributed by atoms with van der Waals surface area (Å²) in [7, 11) is 0. The van der Waals surface area contributed by atoms with Crippen LogP contribution < -0.4 is 5.32 Å². The Labute approximate surface area is 221 Å². The molecule has 39 heavy (non-hydrogen) atoms. The summed E-state index contributed by atoms with van der Waals surface area (Å²) in [6.07, 6.45) is 0.357. The zero-order valence-electron chi connectivity index (χ0n) is 21.2. The van der Waals surface area contributed by atoms with Gasteiger partial charge < -0.3 is 10.2 Å². The number of halogens is 4. The van der Waals surface area contributed by atoms with Gasteiger partial charge in [0.1, 0.15) is 17.5 Å². The van der Waals surface area contributed by atoms with Gasteiger partial charge >= 0.3 is 6.18 Å². The first kappa shape index (κ1) is 25.3. The summed E-state index contributed by atoms with van der Waals surface area (Å²) in [6.45, 7) is 3.22. The third kappa shape index (κ3) is 5.05. The summed E-state index contributed by atoms with van der Waals surface area (Å²) in [6, 6.07) is 10.00. The molecule has 1 atom stereocenters. The molecule has 1 saturated carbocycles.